The summed E-state index contributed by atoms with van der Waals surface area (Å²) in [4.78, 5) is 31.0. The van der Waals surface area contributed by atoms with Gasteiger partial charge in [-0.15, -0.1) is 23.1 Å². The zero-order valence-electron chi connectivity index (χ0n) is 16.6. The molecule has 0 fully saturated rings. The SMILES string of the molecule is Cc1sc(NC(=O)CSc2cccc(NC(=O)c3ccco3)c2)nc1-c1ccccc1. The van der Waals surface area contributed by atoms with E-state index in [0.717, 1.165) is 21.0 Å². The molecular formula is C23H19N3O3S2. The predicted molar refractivity (Wildman–Crippen MR) is 125 cm³/mol. The minimum atomic E-state index is -0.321. The molecule has 2 aromatic carbocycles. The smallest absolute Gasteiger partial charge is 0.291 e. The van der Waals surface area contributed by atoms with E-state index in [9.17, 15) is 9.59 Å². The number of nitrogens with zero attached hydrogens (tertiary/aromatic N) is 1. The third-order valence-corrected chi connectivity index (χ3v) is 6.18. The first kappa shape index (κ1) is 20.9. The standard InChI is InChI=1S/C23H19N3O3S2/c1-15-21(16-7-3-2-4-8-16)26-23(31-15)25-20(27)14-30-18-10-5-9-17(13-18)24-22(28)19-11-6-12-29-19/h2-13H,14H2,1H3,(H,24,28)(H,25,26,27). The second-order valence-corrected chi connectivity index (χ2v) is 8.84. The van der Waals surface area contributed by atoms with Gasteiger partial charge in [0.15, 0.2) is 10.9 Å². The fraction of sp³-hybridized carbons (Fsp3) is 0.0870. The monoisotopic (exact) mass is 449 g/mol. The first-order valence-corrected chi connectivity index (χ1v) is 11.3. The van der Waals surface area contributed by atoms with Crippen molar-refractivity contribution in [2.75, 3.05) is 16.4 Å². The minimum absolute atomic E-state index is 0.136. The Morgan fingerprint density at radius 3 is 2.65 bits per heavy atom. The van der Waals surface area contributed by atoms with Crippen LogP contribution in [0.4, 0.5) is 10.8 Å². The Labute approximate surface area is 187 Å². The number of nitrogens with one attached hydrogen (secondary N) is 2. The van der Waals surface area contributed by atoms with Gasteiger partial charge in [-0.2, -0.15) is 0 Å². The zero-order chi connectivity index (χ0) is 21.6. The molecule has 0 spiro atoms. The van der Waals surface area contributed by atoms with Gasteiger partial charge in [-0.3, -0.25) is 9.59 Å². The van der Waals surface area contributed by atoms with Gasteiger partial charge in [0.25, 0.3) is 5.91 Å². The second-order valence-electron chi connectivity index (χ2n) is 6.59. The van der Waals surface area contributed by atoms with E-state index >= 15 is 0 Å². The highest BCUT2D eigenvalue weighted by atomic mass is 32.2. The molecule has 2 heterocycles. The van der Waals surface area contributed by atoms with Gasteiger partial charge >= 0.3 is 0 Å². The average Bonchev–Trinajstić information content (AvgIpc) is 3.43. The summed E-state index contributed by atoms with van der Waals surface area (Å²) in [6, 6.07) is 20.5. The topological polar surface area (TPSA) is 84.2 Å². The van der Waals surface area contributed by atoms with Crippen LogP contribution in [0.3, 0.4) is 0 Å². The van der Waals surface area contributed by atoms with Crippen LogP contribution < -0.4 is 10.6 Å². The summed E-state index contributed by atoms with van der Waals surface area (Å²) in [5, 5.41) is 6.24. The number of aromatic nitrogens is 1. The number of benzene rings is 2. The zero-order valence-corrected chi connectivity index (χ0v) is 18.3. The van der Waals surface area contributed by atoms with Crippen LogP contribution in [0, 0.1) is 6.92 Å². The number of hydrogen-bond donors (Lipinski definition) is 2. The number of carbonyl (C=O) groups excluding carboxylic acids is 2. The molecule has 0 saturated carbocycles. The Hall–Kier alpha value is -3.36. The molecule has 0 aliphatic heterocycles. The molecule has 0 aliphatic carbocycles. The Morgan fingerprint density at radius 1 is 1.03 bits per heavy atom. The summed E-state index contributed by atoms with van der Waals surface area (Å²) in [5.41, 5.74) is 2.54. The highest BCUT2D eigenvalue weighted by Gasteiger charge is 2.13. The first-order valence-electron chi connectivity index (χ1n) is 9.49. The van der Waals surface area contributed by atoms with Gasteiger partial charge in [0.2, 0.25) is 5.91 Å². The summed E-state index contributed by atoms with van der Waals surface area (Å²) < 4.78 is 5.10. The van der Waals surface area contributed by atoms with Gasteiger partial charge in [-0.25, -0.2) is 4.98 Å². The molecule has 8 heteroatoms. The number of thioether (sulfide) groups is 1. The molecular weight excluding hydrogens is 430 g/mol. The van der Waals surface area contributed by atoms with Crippen molar-refractivity contribution in [1.29, 1.82) is 0 Å². The largest absolute Gasteiger partial charge is 0.459 e. The molecule has 4 rings (SSSR count). The lowest BCUT2D eigenvalue weighted by molar-refractivity contribution is -0.113. The summed E-state index contributed by atoms with van der Waals surface area (Å²) >= 11 is 2.84. The molecule has 31 heavy (non-hydrogen) atoms. The van der Waals surface area contributed by atoms with Crippen LogP contribution in [-0.2, 0) is 4.79 Å². The van der Waals surface area contributed by atoms with Crippen molar-refractivity contribution in [3.8, 4) is 11.3 Å². The molecule has 0 atom stereocenters. The number of amides is 2. The maximum Gasteiger partial charge on any atom is 0.291 e. The molecule has 4 aromatic rings. The summed E-state index contributed by atoms with van der Waals surface area (Å²) in [6.45, 7) is 1.99. The Kier molecular flexibility index (Phi) is 6.49. The van der Waals surface area contributed by atoms with Crippen LogP contribution >= 0.6 is 23.1 Å². The van der Waals surface area contributed by atoms with Crippen molar-refractivity contribution < 1.29 is 14.0 Å². The van der Waals surface area contributed by atoms with Gasteiger partial charge in [-0.1, -0.05) is 36.4 Å². The molecule has 0 unspecified atom stereocenters. The maximum atomic E-state index is 12.4. The second kappa shape index (κ2) is 9.63. The number of rotatable bonds is 7. The maximum absolute atomic E-state index is 12.4. The summed E-state index contributed by atoms with van der Waals surface area (Å²) in [7, 11) is 0. The molecule has 0 bridgehead atoms. The molecule has 2 aromatic heterocycles. The number of furan rings is 1. The van der Waals surface area contributed by atoms with Gasteiger partial charge in [-0.05, 0) is 37.3 Å². The normalized spacial score (nSPS) is 10.6. The molecule has 2 amide bonds. The van der Waals surface area contributed by atoms with E-state index in [2.05, 4.69) is 15.6 Å². The molecule has 6 nitrogen and oxygen atoms in total. The van der Waals surface area contributed by atoms with Gasteiger partial charge in [0.05, 0.1) is 17.7 Å². The molecule has 0 aliphatic rings. The third-order valence-electron chi connectivity index (χ3n) is 4.30. The van der Waals surface area contributed by atoms with Crippen LogP contribution in [0.5, 0.6) is 0 Å². The van der Waals surface area contributed by atoms with E-state index < -0.39 is 0 Å². The number of thiazole rings is 1. The fourth-order valence-corrected chi connectivity index (χ4v) is 4.49. The Bertz CT molecular complexity index is 1190. The molecule has 156 valence electrons. The van der Waals surface area contributed by atoms with Crippen molar-refractivity contribution in [3.05, 3.63) is 83.6 Å². The van der Waals surface area contributed by atoms with Crippen molar-refractivity contribution in [3.63, 3.8) is 0 Å². The average molecular weight is 450 g/mol. The van der Waals surface area contributed by atoms with Gasteiger partial charge in [0, 0.05) is 21.0 Å². The van der Waals surface area contributed by atoms with Gasteiger partial charge in [0.1, 0.15) is 0 Å². The van der Waals surface area contributed by atoms with Gasteiger partial charge < -0.3 is 15.1 Å². The van der Waals surface area contributed by atoms with Crippen LogP contribution in [0.2, 0.25) is 0 Å². The van der Waals surface area contributed by atoms with Crippen LogP contribution in [0.15, 0.2) is 82.3 Å². The highest BCUT2D eigenvalue weighted by Crippen LogP contribution is 2.30. The van der Waals surface area contributed by atoms with Crippen molar-refractivity contribution in [1.82, 2.24) is 4.98 Å². The van der Waals surface area contributed by atoms with E-state index in [1.165, 1.54) is 29.4 Å². The first-order chi connectivity index (χ1) is 15.1. The number of aryl methyl sites for hydroxylation is 1. The van der Waals surface area contributed by atoms with Crippen LogP contribution in [0.1, 0.15) is 15.4 Å². The Balaban J connectivity index is 1.34. The molecule has 0 radical (unpaired) electrons. The molecule has 2 N–H and O–H groups in total. The quantitative estimate of drug-likeness (QED) is 0.354. The van der Waals surface area contributed by atoms with E-state index in [4.69, 9.17) is 4.42 Å². The predicted octanol–water partition coefficient (Wildman–Crippen LogP) is 5.69. The number of carbonyl (C=O) groups is 2. The van der Waals surface area contributed by atoms with Crippen molar-refractivity contribution in [2.24, 2.45) is 0 Å². The lowest BCUT2D eigenvalue weighted by Crippen LogP contribution is -2.14. The van der Waals surface area contributed by atoms with E-state index in [-0.39, 0.29) is 23.3 Å². The van der Waals surface area contributed by atoms with Crippen molar-refractivity contribution >= 4 is 45.7 Å². The lowest BCUT2D eigenvalue weighted by atomic mass is 10.1. The van der Waals surface area contributed by atoms with Crippen LogP contribution in [-0.4, -0.2) is 22.6 Å². The number of anilines is 2. The lowest BCUT2D eigenvalue weighted by Gasteiger charge is -2.06. The Morgan fingerprint density at radius 2 is 1.87 bits per heavy atom. The minimum Gasteiger partial charge on any atom is -0.459 e. The number of hydrogen-bond acceptors (Lipinski definition) is 6. The summed E-state index contributed by atoms with van der Waals surface area (Å²) in [6.07, 6.45) is 1.45. The van der Waals surface area contributed by atoms with E-state index in [1.54, 1.807) is 18.2 Å². The third kappa shape index (κ3) is 5.42. The van der Waals surface area contributed by atoms with Crippen molar-refractivity contribution in [2.45, 2.75) is 11.8 Å². The van der Waals surface area contributed by atoms with E-state index in [0.29, 0.717) is 10.8 Å². The molecule has 0 saturated heterocycles. The van der Waals surface area contributed by atoms with Crippen LogP contribution in [0.25, 0.3) is 11.3 Å². The van der Waals surface area contributed by atoms with E-state index in [1.807, 2.05) is 55.5 Å². The fourth-order valence-electron chi connectivity index (χ4n) is 2.88. The highest BCUT2D eigenvalue weighted by molar-refractivity contribution is 8.00. The summed E-state index contributed by atoms with van der Waals surface area (Å²) in [5.74, 6) is 0.0159.